The minimum atomic E-state index is -0.165. The molecule has 3 heterocycles. The van der Waals surface area contributed by atoms with Crippen LogP contribution in [0, 0.1) is 6.92 Å². The monoisotopic (exact) mass is 404 g/mol. The van der Waals surface area contributed by atoms with Crippen LogP contribution in [-0.4, -0.2) is 43.6 Å². The molecule has 1 N–H and O–H groups in total. The molecule has 30 heavy (non-hydrogen) atoms. The van der Waals surface area contributed by atoms with Crippen LogP contribution in [0.4, 0.5) is 0 Å². The molecule has 0 bridgehead atoms. The second-order valence-electron chi connectivity index (χ2n) is 7.34. The van der Waals surface area contributed by atoms with Crippen LogP contribution in [0.2, 0.25) is 0 Å². The van der Waals surface area contributed by atoms with Crippen molar-refractivity contribution in [2.24, 2.45) is 7.05 Å². The number of pyridine rings is 1. The van der Waals surface area contributed by atoms with Gasteiger partial charge in [-0.25, -0.2) is 4.98 Å². The van der Waals surface area contributed by atoms with Gasteiger partial charge in [-0.05, 0) is 50.2 Å². The Balaban J connectivity index is 1.65. The van der Waals surface area contributed by atoms with E-state index in [4.69, 9.17) is 9.72 Å². The Kier molecular flexibility index (Phi) is 5.22. The fourth-order valence-corrected chi connectivity index (χ4v) is 3.40. The molecule has 1 unspecified atom stereocenters. The van der Waals surface area contributed by atoms with E-state index in [0.717, 1.165) is 22.4 Å². The Bertz CT molecular complexity index is 1190. The van der Waals surface area contributed by atoms with Gasteiger partial charge in [0, 0.05) is 24.8 Å². The van der Waals surface area contributed by atoms with Crippen molar-refractivity contribution in [3.05, 3.63) is 60.0 Å². The summed E-state index contributed by atoms with van der Waals surface area (Å²) in [5, 5.41) is 12.5. The molecule has 0 spiro atoms. The second kappa shape index (κ2) is 7.98. The maximum atomic E-state index is 13.1. The third-order valence-electron chi connectivity index (χ3n) is 4.95. The lowest BCUT2D eigenvalue weighted by atomic mass is 10.1. The summed E-state index contributed by atoms with van der Waals surface area (Å²) < 4.78 is 8.74. The number of carbonyl (C=O) groups excluding carboxylic acids is 1. The van der Waals surface area contributed by atoms with Gasteiger partial charge < -0.3 is 10.1 Å². The van der Waals surface area contributed by atoms with E-state index >= 15 is 0 Å². The highest BCUT2D eigenvalue weighted by Crippen LogP contribution is 2.26. The first-order valence-electron chi connectivity index (χ1n) is 9.72. The highest BCUT2D eigenvalue weighted by Gasteiger charge is 2.18. The lowest BCUT2D eigenvalue weighted by Crippen LogP contribution is -2.36. The van der Waals surface area contributed by atoms with E-state index in [2.05, 4.69) is 15.5 Å². The summed E-state index contributed by atoms with van der Waals surface area (Å²) in [7, 11) is 3.45. The summed E-state index contributed by atoms with van der Waals surface area (Å²) in [6.45, 7) is 4.49. The summed E-state index contributed by atoms with van der Waals surface area (Å²) in [6.07, 6.45) is 3.59. The molecule has 0 saturated carbocycles. The van der Waals surface area contributed by atoms with Crippen LogP contribution in [-0.2, 0) is 13.6 Å². The number of hydrogen-bond donors (Lipinski definition) is 1. The molecular formula is C22H24N6O2. The molecule has 1 atom stereocenters. The molecule has 4 aromatic rings. The Morgan fingerprint density at radius 2 is 2.00 bits per heavy atom. The number of methoxy groups -OCH3 is 1. The van der Waals surface area contributed by atoms with E-state index in [1.165, 1.54) is 0 Å². The number of hydrogen-bond acceptors (Lipinski definition) is 5. The fourth-order valence-electron chi connectivity index (χ4n) is 3.40. The van der Waals surface area contributed by atoms with Gasteiger partial charge in [-0.15, -0.1) is 0 Å². The number of amides is 1. The highest BCUT2D eigenvalue weighted by molar-refractivity contribution is 6.06. The van der Waals surface area contributed by atoms with Crippen LogP contribution in [0.3, 0.4) is 0 Å². The summed E-state index contributed by atoms with van der Waals surface area (Å²) in [6, 6.07) is 11.3. The summed E-state index contributed by atoms with van der Waals surface area (Å²) in [5.41, 5.74) is 3.75. The van der Waals surface area contributed by atoms with Crippen molar-refractivity contribution in [2.45, 2.75) is 26.4 Å². The topological polar surface area (TPSA) is 86.9 Å². The maximum Gasteiger partial charge on any atom is 0.252 e. The molecule has 0 aliphatic carbocycles. The second-order valence-corrected chi connectivity index (χ2v) is 7.34. The largest absolute Gasteiger partial charge is 0.497 e. The third kappa shape index (κ3) is 3.89. The van der Waals surface area contributed by atoms with E-state index in [1.807, 2.05) is 68.2 Å². The molecule has 0 fully saturated rings. The quantitative estimate of drug-likeness (QED) is 0.534. The van der Waals surface area contributed by atoms with Gasteiger partial charge in [0.1, 0.15) is 5.75 Å². The zero-order valence-electron chi connectivity index (χ0n) is 17.5. The van der Waals surface area contributed by atoms with Gasteiger partial charge in [0.05, 0.1) is 42.2 Å². The lowest BCUT2D eigenvalue weighted by Gasteiger charge is -2.15. The fraction of sp³-hybridized carbons (Fsp3) is 0.273. The predicted molar refractivity (Wildman–Crippen MR) is 114 cm³/mol. The van der Waals surface area contributed by atoms with Crippen molar-refractivity contribution in [1.29, 1.82) is 0 Å². The molecule has 8 heteroatoms. The first kappa shape index (κ1) is 19.6. The van der Waals surface area contributed by atoms with E-state index in [1.54, 1.807) is 18.0 Å². The molecule has 0 aliphatic rings. The van der Waals surface area contributed by atoms with Gasteiger partial charge in [-0.2, -0.15) is 10.2 Å². The number of aryl methyl sites for hydroxylation is 2. The smallest absolute Gasteiger partial charge is 0.252 e. The maximum absolute atomic E-state index is 13.1. The predicted octanol–water partition coefficient (Wildman–Crippen LogP) is 2.97. The normalized spacial score (nSPS) is 12.1. The standard InChI is InChI=1S/C22H24N6O2/c1-14-9-10-28(26-14)13-15(2)24-22(29)18-11-20(16-5-7-17(30-4)8-6-16)25-21-19(18)12-23-27(21)3/h5-12,15H,13H2,1-4H3,(H,24,29). The Morgan fingerprint density at radius 3 is 2.67 bits per heavy atom. The van der Waals surface area contributed by atoms with Gasteiger partial charge >= 0.3 is 0 Å². The van der Waals surface area contributed by atoms with E-state index in [0.29, 0.717) is 23.4 Å². The van der Waals surface area contributed by atoms with Gasteiger partial charge in [0.2, 0.25) is 0 Å². The number of aromatic nitrogens is 5. The van der Waals surface area contributed by atoms with Crippen molar-refractivity contribution in [1.82, 2.24) is 29.9 Å². The third-order valence-corrected chi connectivity index (χ3v) is 4.95. The number of nitrogens with zero attached hydrogens (tertiary/aromatic N) is 5. The molecule has 154 valence electrons. The number of nitrogens with one attached hydrogen (secondary N) is 1. The Morgan fingerprint density at radius 1 is 1.23 bits per heavy atom. The first-order chi connectivity index (χ1) is 14.4. The average molecular weight is 404 g/mol. The molecule has 3 aromatic heterocycles. The Hall–Kier alpha value is -3.68. The molecule has 0 aliphatic heterocycles. The highest BCUT2D eigenvalue weighted by atomic mass is 16.5. The molecule has 1 aromatic carbocycles. The van der Waals surface area contributed by atoms with E-state index in [9.17, 15) is 4.79 Å². The lowest BCUT2D eigenvalue weighted by molar-refractivity contribution is 0.0937. The number of fused-ring (bicyclic) bond motifs is 1. The minimum absolute atomic E-state index is 0.0962. The number of benzene rings is 1. The summed E-state index contributed by atoms with van der Waals surface area (Å²) in [5.74, 6) is 0.600. The van der Waals surface area contributed by atoms with Crippen LogP contribution >= 0.6 is 0 Å². The van der Waals surface area contributed by atoms with Crippen molar-refractivity contribution in [3.8, 4) is 17.0 Å². The van der Waals surface area contributed by atoms with Gasteiger partial charge in [0.15, 0.2) is 5.65 Å². The van der Waals surface area contributed by atoms with E-state index in [-0.39, 0.29) is 11.9 Å². The zero-order chi connectivity index (χ0) is 21.3. The van der Waals surface area contributed by atoms with Gasteiger partial charge in [0.25, 0.3) is 5.91 Å². The number of ether oxygens (including phenoxy) is 1. The van der Waals surface area contributed by atoms with Crippen LogP contribution in [0.1, 0.15) is 23.0 Å². The van der Waals surface area contributed by atoms with Gasteiger partial charge in [-0.3, -0.25) is 14.2 Å². The number of carbonyl (C=O) groups is 1. The van der Waals surface area contributed by atoms with Crippen molar-refractivity contribution >= 4 is 16.9 Å². The van der Waals surface area contributed by atoms with Crippen molar-refractivity contribution < 1.29 is 9.53 Å². The number of rotatable bonds is 6. The molecule has 8 nitrogen and oxygen atoms in total. The SMILES string of the molecule is COc1ccc(-c2cc(C(=O)NC(C)Cn3ccc(C)n3)c3cnn(C)c3n2)cc1. The van der Waals surface area contributed by atoms with Crippen molar-refractivity contribution in [3.63, 3.8) is 0 Å². The first-order valence-corrected chi connectivity index (χ1v) is 9.72. The molecular weight excluding hydrogens is 380 g/mol. The van der Waals surface area contributed by atoms with Gasteiger partial charge in [-0.1, -0.05) is 0 Å². The molecule has 1 amide bonds. The van der Waals surface area contributed by atoms with Crippen LogP contribution in [0.5, 0.6) is 5.75 Å². The molecule has 0 radical (unpaired) electrons. The van der Waals surface area contributed by atoms with Crippen LogP contribution < -0.4 is 10.1 Å². The minimum Gasteiger partial charge on any atom is -0.497 e. The molecule has 0 saturated heterocycles. The van der Waals surface area contributed by atoms with Crippen LogP contribution in [0.25, 0.3) is 22.3 Å². The van der Waals surface area contributed by atoms with E-state index < -0.39 is 0 Å². The summed E-state index contributed by atoms with van der Waals surface area (Å²) >= 11 is 0. The zero-order valence-corrected chi connectivity index (χ0v) is 17.5. The Labute approximate surface area is 174 Å². The molecule has 4 rings (SSSR count). The van der Waals surface area contributed by atoms with Crippen LogP contribution in [0.15, 0.2) is 48.8 Å². The summed E-state index contributed by atoms with van der Waals surface area (Å²) in [4.78, 5) is 17.9. The van der Waals surface area contributed by atoms with Crippen molar-refractivity contribution in [2.75, 3.05) is 7.11 Å². The average Bonchev–Trinajstić information content (AvgIpc) is 3.32.